The van der Waals surface area contributed by atoms with Crippen molar-refractivity contribution in [2.45, 2.75) is 6.61 Å². The number of carbonyl (C=O) groups excluding carboxylic acids is 1. The van der Waals surface area contributed by atoms with Crippen molar-refractivity contribution in [3.8, 4) is 17.1 Å². The first kappa shape index (κ1) is 18.8. The Bertz CT molecular complexity index is 961. The minimum Gasteiger partial charge on any atom is -0.495 e. The molecule has 27 heavy (non-hydrogen) atoms. The molecule has 0 aliphatic rings. The smallest absolute Gasteiger partial charge is 0.248 e. The molecule has 1 aromatic heterocycles. The average molecular weight is 384 g/mol. The van der Waals surface area contributed by atoms with Gasteiger partial charge in [-0.1, -0.05) is 23.7 Å². The Labute approximate surface area is 161 Å². The SMILES string of the molecule is COc1ccc(-c2ccc(CO)o2)cc1NC(=O)/C=C/c1ccc(Cl)cc1. The Balaban J connectivity index is 1.78. The lowest BCUT2D eigenvalue weighted by atomic mass is 10.1. The van der Waals surface area contributed by atoms with Gasteiger partial charge < -0.3 is 19.6 Å². The van der Waals surface area contributed by atoms with Crippen LogP contribution in [0.1, 0.15) is 11.3 Å². The molecular weight excluding hydrogens is 366 g/mol. The van der Waals surface area contributed by atoms with Crippen LogP contribution in [0, 0.1) is 0 Å². The zero-order chi connectivity index (χ0) is 19.2. The quantitative estimate of drug-likeness (QED) is 0.602. The van der Waals surface area contributed by atoms with Crippen LogP contribution in [0.4, 0.5) is 5.69 Å². The third kappa shape index (κ3) is 4.78. The summed E-state index contributed by atoms with van der Waals surface area (Å²) in [6.07, 6.45) is 3.13. The van der Waals surface area contributed by atoms with E-state index in [0.29, 0.717) is 28.0 Å². The maximum Gasteiger partial charge on any atom is 0.248 e. The van der Waals surface area contributed by atoms with E-state index in [1.807, 2.05) is 18.2 Å². The summed E-state index contributed by atoms with van der Waals surface area (Å²) >= 11 is 5.85. The number of aliphatic hydroxyl groups is 1. The van der Waals surface area contributed by atoms with E-state index >= 15 is 0 Å². The minimum absolute atomic E-state index is 0.171. The molecule has 6 heteroatoms. The van der Waals surface area contributed by atoms with Crippen molar-refractivity contribution < 1.29 is 19.1 Å². The second-order valence-corrected chi connectivity index (χ2v) is 6.15. The summed E-state index contributed by atoms with van der Waals surface area (Å²) < 4.78 is 10.9. The third-order valence-electron chi connectivity index (χ3n) is 3.86. The number of ether oxygens (including phenoxy) is 1. The highest BCUT2D eigenvalue weighted by Gasteiger charge is 2.10. The van der Waals surface area contributed by atoms with Crippen LogP contribution in [0.3, 0.4) is 0 Å². The highest BCUT2D eigenvalue weighted by Crippen LogP contribution is 2.31. The third-order valence-corrected chi connectivity index (χ3v) is 4.11. The van der Waals surface area contributed by atoms with Crippen LogP contribution in [0.15, 0.2) is 65.1 Å². The number of hydrogen-bond donors (Lipinski definition) is 2. The van der Waals surface area contributed by atoms with Gasteiger partial charge in [0.15, 0.2) is 0 Å². The molecule has 138 valence electrons. The van der Waals surface area contributed by atoms with Crippen molar-refractivity contribution >= 4 is 29.3 Å². The van der Waals surface area contributed by atoms with Crippen LogP contribution in [-0.4, -0.2) is 18.1 Å². The molecule has 2 N–H and O–H groups in total. The van der Waals surface area contributed by atoms with Gasteiger partial charge in [0.2, 0.25) is 5.91 Å². The molecule has 1 heterocycles. The molecule has 5 nitrogen and oxygen atoms in total. The summed E-state index contributed by atoms with van der Waals surface area (Å²) in [4.78, 5) is 12.3. The van der Waals surface area contributed by atoms with Crippen molar-refractivity contribution in [2.75, 3.05) is 12.4 Å². The number of halogens is 1. The Hall–Kier alpha value is -3.02. The standard InChI is InChI=1S/C21H18ClNO4/c1-26-20-9-5-15(19-10-8-17(13-24)27-19)12-18(20)23-21(25)11-4-14-2-6-16(22)7-3-14/h2-12,24H,13H2,1H3,(H,23,25)/b11-4+. The van der Waals surface area contributed by atoms with Gasteiger partial charge in [0.1, 0.15) is 23.9 Å². The molecular formula is C21H18ClNO4. The largest absolute Gasteiger partial charge is 0.495 e. The lowest BCUT2D eigenvalue weighted by Crippen LogP contribution is -2.09. The fraction of sp³-hybridized carbons (Fsp3) is 0.0952. The van der Waals surface area contributed by atoms with E-state index < -0.39 is 0 Å². The predicted octanol–water partition coefficient (Wildman–Crippen LogP) is 4.75. The van der Waals surface area contributed by atoms with E-state index in [-0.39, 0.29) is 12.5 Å². The number of carbonyl (C=O) groups is 1. The maximum atomic E-state index is 12.3. The highest BCUT2D eigenvalue weighted by molar-refractivity contribution is 6.30. The summed E-state index contributed by atoms with van der Waals surface area (Å²) in [5.41, 5.74) is 2.14. The second kappa shape index (κ2) is 8.58. The molecule has 0 spiro atoms. The molecule has 0 saturated carbocycles. The van der Waals surface area contributed by atoms with Crippen LogP contribution >= 0.6 is 11.6 Å². The van der Waals surface area contributed by atoms with Crippen molar-refractivity contribution in [2.24, 2.45) is 0 Å². The van der Waals surface area contributed by atoms with Crippen molar-refractivity contribution in [3.63, 3.8) is 0 Å². The first-order valence-corrected chi connectivity index (χ1v) is 8.59. The Morgan fingerprint density at radius 3 is 2.63 bits per heavy atom. The number of benzene rings is 2. The van der Waals surface area contributed by atoms with Gasteiger partial charge in [-0.2, -0.15) is 0 Å². The van der Waals surface area contributed by atoms with E-state index in [1.165, 1.54) is 13.2 Å². The first-order chi connectivity index (χ1) is 13.1. The lowest BCUT2D eigenvalue weighted by molar-refractivity contribution is -0.111. The summed E-state index contributed by atoms with van der Waals surface area (Å²) in [5, 5.41) is 12.6. The van der Waals surface area contributed by atoms with Gasteiger partial charge in [-0.15, -0.1) is 0 Å². The first-order valence-electron chi connectivity index (χ1n) is 8.21. The topological polar surface area (TPSA) is 71.7 Å². The van der Waals surface area contributed by atoms with Gasteiger partial charge in [-0.05, 0) is 54.1 Å². The van der Waals surface area contributed by atoms with Gasteiger partial charge in [0, 0.05) is 16.7 Å². The molecule has 0 saturated heterocycles. The number of amides is 1. The highest BCUT2D eigenvalue weighted by atomic mass is 35.5. The van der Waals surface area contributed by atoms with Crippen LogP contribution < -0.4 is 10.1 Å². The number of nitrogens with one attached hydrogen (secondary N) is 1. The number of methoxy groups -OCH3 is 1. The van der Waals surface area contributed by atoms with Gasteiger partial charge in [0.25, 0.3) is 0 Å². The predicted molar refractivity (Wildman–Crippen MR) is 106 cm³/mol. The van der Waals surface area contributed by atoms with Crippen LogP contribution in [-0.2, 0) is 11.4 Å². The van der Waals surface area contributed by atoms with Gasteiger partial charge in [-0.25, -0.2) is 0 Å². The monoisotopic (exact) mass is 383 g/mol. The molecule has 0 fully saturated rings. The second-order valence-electron chi connectivity index (χ2n) is 5.71. The van der Waals surface area contributed by atoms with E-state index in [4.69, 9.17) is 25.9 Å². The van der Waals surface area contributed by atoms with E-state index in [9.17, 15) is 4.79 Å². The molecule has 3 aromatic rings. The van der Waals surface area contributed by atoms with E-state index in [1.54, 1.807) is 42.5 Å². The summed E-state index contributed by atoms with van der Waals surface area (Å²) in [6.45, 7) is -0.171. The van der Waals surface area contributed by atoms with Crippen molar-refractivity contribution in [1.29, 1.82) is 0 Å². The normalized spacial score (nSPS) is 10.9. The molecule has 3 rings (SSSR count). The zero-order valence-electron chi connectivity index (χ0n) is 14.6. The number of aliphatic hydroxyl groups excluding tert-OH is 1. The maximum absolute atomic E-state index is 12.3. The molecule has 0 atom stereocenters. The summed E-state index contributed by atoms with van der Waals surface area (Å²) in [6, 6.07) is 15.9. The number of furan rings is 1. The molecule has 0 radical (unpaired) electrons. The molecule has 2 aromatic carbocycles. The number of hydrogen-bond acceptors (Lipinski definition) is 4. The minimum atomic E-state index is -0.295. The number of anilines is 1. The molecule has 0 aliphatic carbocycles. The van der Waals surface area contributed by atoms with Gasteiger partial charge >= 0.3 is 0 Å². The molecule has 0 unspecified atom stereocenters. The lowest BCUT2D eigenvalue weighted by Gasteiger charge is -2.10. The van der Waals surface area contributed by atoms with Crippen LogP contribution in [0.5, 0.6) is 5.75 Å². The average Bonchev–Trinajstić information content (AvgIpc) is 3.17. The molecule has 0 aliphatic heterocycles. The summed E-state index contributed by atoms with van der Waals surface area (Å²) in [5.74, 6) is 1.29. The fourth-order valence-corrected chi connectivity index (χ4v) is 2.62. The van der Waals surface area contributed by atoms with Crippen LogP contribution in [0.2, 0.25) is 5.02 Å². The summed E-state index contributed by atoms with van der Waals surface area (Å²) in [7, 11) is 1.53. The fourth-order valence-electron chi connectivity index (χ4n) is 2.50. The Morgan fingerprint density at radius 2 is 1.96 bits per heavy atom. The van der Waals surface area contributed by atoms with E-state index in [0.717, 1.165) is 11.1 Å². The zero-order valence-corrected chi connectivity index (χ0v) is 15.4. The van der Waals surface area contributed by atoms with Crippen molar-refractivity contribution in [1.82, 2.24) is 0 Å². The van der Waals surface area contributed by atoms with E-state index in [2.05, 4.69) is 5.32 Å². The molecule has 1 amide bonds. The Kier molecular flexibility index (Phi) is 5.96. The van der Waals surface area contributed by atoms with Gasteiger partial charge in [-0.3, -0.25) is 4.79 Å². The Morgan fingerprint density at radius 1 is 1.19 bits per heavy atom. The molecule has 0 bridgehead atoms. The van der Waals surface area contributed by atoms with Crippen LogP contribution in [0.25, 0.3) is 17.4 Å². The van der Waals surface area contributed by atoms with Crippen molar-refractivity contribution in [3.05, 3.63) is 77.0 Å². The van der Waals surface area contributed by atoms with Gasteiger partial charge in [0.05, 0.1) is 12.8 Å². The number of rotatable bonds is 6.